The Labute approximate surface area is 163 Å². The number of benzene rings is 1. The highest BCUT2D eigenvalue weighted by atomic mass is 19.3. The Morgan fingerprint density at radius 1 is 1.17 bits per heavy atom. The van der Waals surface area contributed by atoms with E-state index in [9.17, 15) is 26.7 Å². The number of nitrogens with zero attached hydrogens (tertiary/aromatic N) is 3. The van der Waals surface area contributed by atoms with Crippen LogP contribution in [0.15, 0.2) is 35.5 Å². The molecule has 0 amide bonds. The lowest BCUT2D eigenvalue weighted by Gasteiger charge is -2.13. The molecule has 0 aliphatic carbocycles. The normalized spacial score (nSPS) is 13.1. The number of hydrogen-bond donors (Lipinski definition) is 0. The number of alkyl halides is 3. The van der Waals surface area contributed by atoms with Crippen LogP contribution < -0.4 is 5.56 Å². The molecule has 29 heavy (non-hydrogen) atoms. The van der Waals surface area contributed by atoms with E-state index >= 15 is 0 Å². The van der Waals surface area contributed by atoms with E-state index in [1.165, 1.54) is 12.3 Å². The number of pyridine rings is 1. The molecule has 0 radical (unpaired) electrons. The molecule has 0 spiro atoms. The van der Waals surface area contributed by atoms with E-state index in [1.807, 2.05) is 0 Å². The van der Waals surface area contributed by atoms with Gasteiger partial charge in [0.1, 0.15) is 6.17 Å². The van der Waals surface area contributed by atoms with Gasteiger partial charge in [-0.1, -0.05) is 13.3 Å². The maximum absolute atomic E-state index is 14.7. The SMILES string of the molecule is CCCC(F)Cn1ccc2cc(-c3ncc(C(C)(F)F)cn3)c(F)c(F)c2c1=O. The van der Waals surface area contributed by atoms with E-state index in [0.29, 0.717) is 13.3 Å². The third kappa shape index (κ3) is 4.13. The van der Waals surface area contributed by atoms with Gasteiger partial charge in [-0.3, -0.25) is 4.79 Å². The quantitative estimate of drug-likeness (QED) is 0.537. The molecule has 1 aromatic carbocycles. The summed E-state index contributed by atoms with van der Waals surface area (Å²) in [4.78, 5) is 19.9. The molecule has 0 bridgehead atoms. The third-order valence-corrected chi connectivity index (χ3v) is 4.54. The van der Waals surface area contributed by atoms with Gasteiger partial charge in [-0.2, -0.15) is 0 Å². The molecule has 1 atom stereocenters. The van der Waals surface area contributed by atoms with Crippen LogP contribution in [0.1, 0.15) is 32.3 Å². The zero-order chi connectivity index (χ0) is 21.3. The number of halogens is 5. The summed E-state index contributed by atoms with van der Waals surface area (Å²) < 4.78 is 70.7. The summed E-state index contributed by atoms with van der Waals surface area (Å²) in [6, 6.07) is 2.52. The fraction of sp³-hybridized carbons (Fsp3) is 0.350. The molecule has 0 fully saturated rings. The van der Waals surface area contributed by atoms with Crippen molar-refractivity contribution in [3.8, 4) is 11.4 Å². The first-order chi connectivity index (χ1) is 13.6. The maximum atomic E-state index is 14.7. The van der Waals surface area contributed by atoms with Crippen LogP contribution in [-0.4, -0.2) is 20.7 Å². The fourth-order valence-electron chi connectivity index (χ4n) is 2.99. The molecule has 1 unspecified atom stereocenters. The van der Waals surface area contributed by atoms with E-state index in [4.69, 9.17) is 0 Å². The van der Waals surface area contributed by atoms with Crippen molar-refractivity contribution in [2.75, 3.05) is 0 Å². The molecule has 0 aliphatic rings. The summed E-state index contributed by atoms with van der Waals surface area (Å²) >= 11 is 0. The minimum absolute atomic E-state index is 0.0690. The van der Waals surface area contributed by atoms with Gasteiger partial charge in [0.25, 0.3) is 11.5 Å². The van der Waals surface area contributed by atoms with E-state index < -0.39 is 40.2 Å². The molecule has 9 heteroatoms. The van der Waals surface area contributed by atoms with E-state index in [2.05, 4.69) is 9.97 Å². The minimum Gasteiger partial charge on any atom is -0.312 e. The Morgan fingerprint density at radius 3 is 2.41 bits per heavy atom. The molecule has 2 heterocycles. The molecule has 3 aromatic rings. The van der Waals surface area contributed by atoms with Crippen LogP contribution in [0.5, 0.6) is 0 Å². The summed E-state index contributed by atoms with van der Waals surface area (Å²) in [5.41, 5.74) is -1.70. The van der Waals surface area contributed by atoms with Gasteiger partial charge in [0.15, 0.2) is 17.5 Å². The number of fused-ring (bicyclic) bond motifs is 1. The van der Waals surface area contributed by atoms with Crippen molar-refractivity contribution in [1.82, 2.24) is 14.5 Å². The first kappa shape index (κ1) is 20.9. The van der Waals surface area contributed by atoms with Crippen molar-refractivity contribution in [1.29, 1.82) is 0 Å². The predicted molar refractivity (Wildman–Crippen MR) is 98.5 cm³/mol. The standard InChI is InChI=1S/C20H18F5N3O/c1-3-4-13(21)10-28-6-5-11-7-14(16(22)17(23)15(11)19(28)29)18-26-8-12(9-27-18)20(2,24)25/h5-9,13H,3-4,10H2,1-2H3. The largest absolute Gasteiger partial charge is 0.312 e. The molecule has 0 saturated carbocycles. The van der Waals surface area contributed by atoms with Crippen LogP contribution in [0.2, 0.25) is 0 Å². The van der Waals surface area contributed by atoms with E-state index in [-0.39, 0.29) is 29.7 Å². The van der Waals surface area contributed by atoms with Gasteiger partial charge in [0.05, 0.1) is 23.1 Å². The van der Waals surface area contributed by atoms with Crippen molar-refractivity contribution in [3.05, 3.63) is 58.3 Å². The monoisotopic (exact) mass is 411 g/mol. The Hall–Kier alpha value is -2.84. The Bertz CT molecular complexity index is 1090. The Morgan fingerprint density at radius 2 is 1.83 bits per heavy atom. The lowest BCUT2D eigenvalue weighted by atomic mass is 10.1. The molecule has 3 rings (SSSR count). The molecule has 0 aliphatic heterocycles. The van der Waals surface area contributed by atoms with Crippen molar-refractivity contribution in [3.63, 3.8) is 0 Å². The summed E-state index contributed by atoms with van der Waals surface area (Å²) in [5.74, 6) is -6.28. The van der Waals surface area contributed by atoms with E-state index in [0.717, 1.165) is 23.0 Å². The molecule has 0 saturated heterocycles. The second kappa shape index (κ2) is 7.88. The topological polar surface area (TPSA) is 47.8 Å². The fourth-order valence-corrected chi connectivity index (χ4v) is 2.99. The van der Waals surface area contributed by atoms with Gasteiger partial charge in [0, 0.05) is 25.5 Å². The van der Waals surface area contributed by atoms with Gasteiger partial charge < -0.3 is 4.57 Å². The molecular weight excluding hydrogens is 393 g/mol. The number of rotatable bonds is 6. The van der Waals surface area contributed by atoms with Gasteiger partial charge in [0.2, 0.25) is 0 Å². The van der Waals surface area contributed by atoms with Crippen LogP contribution in [0.25, 0.3) is 22.2 Å². The Balaban J connectivity index is 2.08. The summed E-state index contributed by atoms with van der Waals surface area (Å²) in [5, 5.41) is -0.450. The highest BCUT2D eigenvalue weighted by Crippen LogP contribution is 2.29. The van der Waals surface area contributed by atoms with Crippen LogP contribution in [-0.2, 0) is 12.5 Å². The summed E-state index contributed by atoms with van der Waals surface area (Å²) in [6.45, 7) is 2.19. The average molecular weight is 411 g/mol. The first-order valence-corrected chi connectivity index (χ1v) is 8.99. The smallest absolute Gasteiger partial charge is 0.273 e. The van der Waals surface area contributed by atoms with Crippen LogP contribution in [0.3, 0.4) is 0 Å². The van der Waals surface area contributed by atoms with Crippen LogP contribution >= 0.6 is 0 Å². The van der Waals surface area contributed by atoms with Crippen molar-refractivity contribution < 1.29 is 22.0 Å². The molecule has 0 N–H and O–H groups in total. The zero-order valence-electron chi connectivity index (χ0n) is 15.7. The van der Waals surface area contributed by atoms with Gasteiger partial charge in [-0.05, 0) is 23.9 Å². The van der Waals surface area contributed by atoms with Gasteiger partial charge in [-0.25, -0.2) is 31.9 Å². The van der Waals surface area contributed by atoms with Crippen LogP contribution in [0.4, 0.5) is 22.0 Å². The van der Waals surface area contributed by atoms with Crippen LogP contribution in [0, 0.1) is 11.6 Å². The second-order valence-corrected chi connectivity index (χ2v) is 6.86. The highest BCUT2D eigenvalue weighted by Gasteiger charge is 2.26. The number of aromatic nitrogens is 3. The summed E-state index contributed by atoms with van der Waals surface area (Å²) in [6.07, 6.45) is 2.50. The average Bonchev–Trinajstić information content (AvgIpc) is 2.66. The second-order valence-electron chi connectivity index (χ2n) is 6.86. The zero-order valence-corrected chi connectivity index (χ0v) is 15.7. The Kier molecular flexibility index (Phi) is 5.68. The van der Waals surface area contributed by atoms with Crippen molar-refractivity contribution >= 4 is 10.8 Å². The van der Waals surface area contributed by atoms with Gasteiger partial charge in [-0.15, -0.1) is 0 Å². The minimum atomic E-state index is -3.18. The third-order valence-electron chi connectivity index (χ3n) is 4.54. The lowest BCUT2D eigenvalue weighted by molar-refractivity contribution is 0.0167. The predicted octanol–water partition coefficient (Wildman–Crippen LogP) is 4.99. The maximum Gasteiger partial charge on any atom is 0.273 e. The lowest BCUT2D eigenvalue weighted by Crippen LogP contribution is -2.25. The highest BCUT2D eigenvalue weighted by molar-refractivity contribution is 5.86. The van der Waals surface area contributed by atoms with E-state index in [1.54, 1.807) is 6.92 Å². The molecular formula is C20H18F5N3O. The molecule has 2 aromatic heterocycles. The van der Waals surface area contributed by atoms with Gasteiger partial charge >= 0.3 is 0 Å². The molecule has 4 nitrogen and oxygen atoms in total. The summed E-state index contributed by atoms with van der Waals surface area (Å²) in [7, 11) is 0. The van der Waals surface area contributed by atoms with Crippen molar-refractivity contribution in [2.45, 2.75) is 45.3 Å². The molecule has 154 valence electrons. The van der Waals surface area contributed by atoms with Crippen molar-refractivity contribution in [2.24, 2.45) is 0 Å². The first-order valence-electron chi connectivity index (χ1n) is 8.99. The number of hydrogen-bond acceptors (Lipinski definition) is 3.